The normalized spacial score (nSPS) is 25.4. The minimum Gasteiger partial charge on any atom is -0.481 e. The maximum Gasteiger partial charge on any atom is 0.237 e. The Hall–Kier alpha value is -4.60. The minimum atomic E-state index is -3.61. The van der Waals surface area contributed by atoms with Crippen LogP contribution >= 0.6 is 23.2 Å². The number of sulfonamides is 1. The summed E-state index contributed by atoms with van der Waals surface area (Å²) in [5, 5.41) is 28.6. The monoisotopic (exact) mass is 902 g/mol. The number of nitriles is 1. The van der Waals surface area contributed by atoms with E-state index in [1.54, 1.807) is 23.9 Å². The number of nitrogens with one attached hydrogen (secondary N) is 2. The number of carbonyl (C=O) groups is 1. The third kappa shape index (κ3) is 8.20. The Morgan fingerprint density at radius 1 is 1.08 bits per heavy atom. The van der Waals surface area contributed by atoms with Crippen molar-refractivity contribution in [3.63, 3.8) is 0 Å². The number of nitrogens with zero attached hydrogens (tertiary/aromatic N) is 6. The van der Waals surface area contributed by atoms with E-state index < -0.39 is 38.2 Å². The summed E-state index contributed by atoms with van der Waals surface area (Å²) in [6, 6.07) is 13.9. The van der Waals surface area contributed by atoms with Crippen molar-refractivity contribution in [1.82, 2.24) is 24.1 Å². The first-order valence-corrected chi connectivity index (χ1v) is 23.4. The highest BCUT2D eigenvalue weighted by atomic mass is 35.5. The summed E-state index contributed by atoms with van der Waals surface area (Å²) in [7, 11) is -2.02. The molecule has 4 aromatic rings. The summed E-state index contributed by atoms with van der Waals surface area (Å²) in [5.74, 6) is -0.262. The number of rotatable bonds is 12. The molecular weight excluding hydrogens is 856 g/mol. The average Bonchev–Trinajstić information content (AvgIpc) is 3.51. The SMILES string of the molecule is COC1=NC(C)(O[C@H]2CCc3c(-c4cccc(-c5nc6c(=N)n(CCN7CC[C@@H](C(=O)NS(=O)(=O)C8CC8)C7)cc(C#N)c6o5)c4Cl)cccc32)C(Cl)C=C1CN1CC[C@@H](O)C1. The predicted molar refractivity (Wildman–Crippen MR) is 233 cm³/mol. The number of β-amino-alcohol motifs (C(OH)–C–C–N with tert-alkyl or cyclic N) is 1. The van der Waals surface area contributed by atoms with Gasteiger partial charge in [0.2, 0.25) is 27.7 Å². The highest BCUT2D eigenvalue weighted by molar-refractivity contribution is 7.90. The molecule has 1 saturated carbocycles. The second-order valence-electron chi connectivity index (χ2n) is 17.0. The highest BCUT2D eigenvalue weighted by Crippen LogP contribution is 2.46. The van der Waals surface area contributed by atoms with Crippen LogP contribution in [0.5, 0.6) is 0 Å². The van der Waals surface area contributed by atoms with E-state index in [4.69, 9.17) is 52.5 Å². The number of ether oxygens (including phenoxy) is 2. The fourth-order valence-electron chi connectivity index (χ4n) is 9.14. The molecular formula is C44H48Cl2N8O7S. The third-order valence-electron chi connectivity index (χ3n) is 12.7. The molecule has 5 atom stereocenters. The minimum absolute atomic E-state index is 0.0585. The van der Waals surface area contributed by atoms with E-state index in [-0.39, 0.29) is 40.2 Å². The summed E-state index contributed by atoms with van der Waals surface area (Å²) in [4.78, 5) is 26.6. The van der Waals surface area contributed by atoms with Gasteiger partial charge in [-0.1, -0.05) is 48.0 Å². The summed E-state index contributed by atoms with van der Waals surface area (Å²) in [6.45, 7) is 5.66. The molecule has 2 unspecified atom stereocenters. The smallest absolute Gasteiger partial charge is 0.237 e. The molecule has 1 amide bonds. The van der Waals surface area contributed by atoms with Crippen molar-refractivity contribution in [3.8, 4) is 28.7 Å². The first-order valence-electron chi connectivity index (χ1n) is 21.0. The van der Waals surface area contributed by atoms with Crippen molar-refractivity contribution >= 4 is 56.1 Å². The zero-order valence-corrected chi connectivity index (χ0v) is 36.8. The third-order valence-corrected chi connectivity index (χ3v) is 15.5. The number of benzene rings is 2. The maximum atomic E-state index is 12.7. The number of aromatic nitrogens is 2. The molecule has 3 aliphatic heterocycles. The molecule has 18 heteroatoms. The van der Waals surface area contributed by atoms with Gasteiger partial charge >= 0.3 is 0 Å². The summed E-state index contributed by atoms with van der Waals surface area (Å²) < 4.78 is 47.2. The number of carbonyl (C=O) groups excluding carboxylic acids is 1. The van der Waals surface area contributed by atoms with E-state index >= 15 is 0 Å². The molecule has 0 bridgehead atoms. The molecule has 0 spiro atoms. The Labute approximate surface area is 369 Å². The highest BCUT2D eigenvalue weighted by Gasteiger charge is 2.43. The van der Waals surface area contributed by atoms with E-state index in [0.29, 0.717) is 81.4 Å². The van der Waals surface area contributed by atoms with E-state index in [9.17, 15) is 23.6 Å². The Bertz CT molecular complexity index is 2730. The second kappa shape index (κ2) is 16.8. The molecule has 9 rings (SSSR count). The quantitative estimate of drug-likeness (QED) is 0.157. The van der Waals surface area contributed by atoms with Crippen LogP contribution in [0.25, 0.3) is 33.7 Å². The van der Waals surface area contributed by atoms with Crippen LogP contribution < -0.4 is 10.2 Å². The van der Waals surface area contributed by atoms with Crippen molar-refractivity contribution < 1.29 is 32.2 Å². The number of aliphatic hydroxyl groups is 1. The Kier molecular flexibility index (Phi) is 11.6. The van der Waals surface area contributed by atoms with Crippen molar-refractivity contribution in [3.05, 3.63) is 81.4 Å². The van der Waals surface area contributed by atoms with Crippen molar-refractivity contribution in [2.75, 3.05) is 46.4 Å². The molecule has 5 heterocycles. The van der Waals surface area contributed by atoms with Gasteiger partial charge in [-0.15, -0.1) is 11.6 Å². The number of likely N-dealkylation sites (tertiary alicyclic amines) is 2. The van der Waals surface area contributed by atoms with Crippen LogP contribution in [0.4, 0.5) is 0 Å². The van der Waals surface area contributed by atoms with Crippen LogP contribution in [0.3, 0.4) is 0 Å². The second-order valence-corrected chi connectivity index (χ2v) is 19.8. The number of hydrogen-bond donors (Lipinski definition) is 3. The van der Waals surface area contributed by atoms with Gasteiger partial charge in [0.05, 0.1) is 41.1 Å². The summed E-state index contributed by atoms with van der Waals surface area (Å²) in [6.07, 6.45) is 6.75. The predicted octanol–water partition coefficient (Wildman–Crippen LogP) is 5.28. The largest absolute Gasteiger partial charge is 0.481 e. The number of aliphatic hydroxyl groups excluding tert-OH is 1. The van der Waals surface area contributed by atoms with E-state index in [2.05, 4.69) is 26.7 Å². The van der Waals surface area contributed by atoms with Crippen LogP contribution in [0.2, 0.25) is 5.02 Å². The zero-order valence-electron chi connectivity index (χ0n) is 34.4. The lowest BCUT2D eigenvalue weighted by atomic mass is 9.95. The van der Waals surface area contributed by atoms with Gasteiger partial charge in [-0.25, -0.2) is 18.4 Å². The van der Waals surface area contributed by atoms with E-state index in [0.717, 1.165) is 47.2 Å². The van der Waals surface area contributed by atoms with Gasteiger partial charge in [-0.05, 0) is 74.8 Å². The van der Waals surface area contributed by atoms with Gasteiger partial charge < -0.3 is 28.5 Å². The van der Waals surface area contributed by atoms with Crippen LogP contribution in [0.1, 0.15) is 61.8 Å². The topological polar surface area (TPSA) is 199 Å². The molecule has 2 aromatic heterocycles. The fraction of sp³-hybridized carbons (Fsp3) is 0.477. The standard InChI is InChI=1S/C44H48Cl2N8O7S/c1-44(36(45)19-26(42(50-44)59-2)22-53-16-14-28(55)24-53)61-35-12-11-31-30(5-3-6-32(31)35)33-7-4-8-34(37(33)46)43-49-38-39(60-43)27(20-47)23-54(40(38)48)18-17-52-15-13-25(21-52)41(56)51-62(57,58)29-9-10-29/h3-8,19,23,25,28-29,35-36,48,55H,9-18,21-22,24H2,1-2H3,(H,51,56)/t25-,28-,35+,36?,44?/m1/s1. The number of halogens is 2. The van der Waals surface area contributed by atoms with Gasteiger partial charge in [-0.2, -0.15) is 5.26 Å². The summed E-state index contributed by atoms with van der Waals surface area (Å²) >= 11 is 14.2. The number of hydrogen-bond acceptors (Lipinski definition) is 13. The van der Waals surface area contributed by atoms with Gasteiger partial charge in [-0.3, -0.25) is 19.8 Å². The Morgan fingerprint density at radius 3 is 2.58 bits per heavy atom. The Balaban J connectivity index is 0.923. The first-order chi connectivity index (χ1) is 29.7. The molecule has 15 nitrogen and oxygen atoms in total. The molecule has 2 aromatic carbocycles. The molecule has 0 radical (unpaired) electrons. The van der Waals surface area contributed by atoms with Gasteiger partial charge in [0, 0.05) is 56.6 Å². The van der Waals surface area contributed by atoms with Crippen LogP contribution in [0, 0.1) is 22.7 Å². The number of amides is 1. The van der Waals surface area contributed by atoms with E-state index in [1.165, 1.54) is 0 Å². The molecule has 5 aliphatic rings. The van der Waals surface area contributed by atoms with E-state index in [1.807, 2.05) is 37.3 Å². The van der Waals surface area contributed by atoms with Crippen molar-refractivity contribution in [2.24, 2.45) is 10.9 Å². The van der Waals surface area contributed by atoms with Crippen LogP contribution in [-0.2, 0) is 37.3 Å². The van der Waals surface area contributed by atoms with Gasteiger partial charge in [0.15, 0.2) is 22.3 Å². The zero-order chi connectivity index (χ0) is 43.5. The summed E-state index contributed by atoms with van der Waals surface area (Å²) in [5.41, 5.74) is 4.77. The number of fused-ring (bicyclic) bond motifs is 2. The number of dihydropyridines is 1. The number of alkyl halides is 1. The number of pyridine rings is 1. The van der Waals surface area contributed by atoms with Crippen LogP contribution in [0.15, 0.2) is 63.7 Å². The molecule has 3 fully saturated rings. The molecule has 3 N–H and O–H groups in total. The average molecular weight is 904 g/mol. The van der Waals surface area contributed by atoms with Gasteiger partial charge in [0.1, 0.15) is 17.0 Å². The number of aliphatic imine (C=N–C) groups is 1. The molecule has 62 heavy (non-hydrogen) atoms. The lowest BCUT2D eigenvalue weighted by Crippen LogP contribution is -2.42. The van der Waals surface area contributed by atoms with Crippen molar-refractivity contribution in [2.45, 2.75) is 80.6 Å². The lowest BCUT2D eigenvalue weighted by Gasteiger charge is -2.36. The molecule has 2 aliphatic carbocycles. The van der Waals surface area contributed by atoms with Gasteiger partial charge in [0.25, 0.3) is 0 Å². The van der Waals surface area contributed by atoms with Crippen molar-refractivity contribution in [1.29, 1.82) is 10.7 Å². The number of oxazole rings is 1. The first kappa shape index (κ1) is 42.7. The maximum absolute atomic E-state index is 12.7. The van der Waals surface area contributed by atoms with Crippen LogP contribution in [-0.4, -0.2) is 114 Å². The lowest BCUT2D eigenvalue weighted by molar-refractivity contribution is -0.122. The Morgan fingerprint density at radius 2 is 1.84 bits per heavy atom. The fourth-order valence-corrected chi connectivity index (χ4v) is 11.1. The molecule has 326 valence electrons. The number of methoxy groups -OCH3 is 1. The molecule has 2 saturated heterocycles.